The van der Waals surface area contributed by atoms with Crippen molar-refractivity contribution in [3.05, 3.63) is 123 Å². The summed E-state index contributed by atoms with van der Waals surface area (Å²) >= 11 is 19.5. The van der Waals surface area contributed by atoms with Crippen molar-refractivity contribution in [1.82, 2.24) is 10.2 Å². The Morgan fingerprint density at radius 2 is 1.47 bits per heavy atom. The number of hydrogen-bond acceptors (Lipinski definition) is 5. The summed E-state index contributed by atoms with van der Waals surface area (Å²) in [6, 6.07) is 25.4. The molecule has 0 bridgehead atoms. The minimum Gasteiger partial charge on any atom is -0.495 e. The molecule has 4 aromatic rings. The van der Waals surface area contributed by atoms with Crippen molar-refractivity contribution < 1.29 is 22.7 Å². The fourth-order valence-electron chi connectivity index (χ4n) is 4.92. The topological polar surface area (TPSA) is 96.0 Å². The lowest BCUT2D eigenvalue weighted by Gasteiger charge is -2.34. The summed E-state index contributed by atoms with van der Waals surface area (Å²) in [5.41, 5.74) is 1.26. The third-order valence-electron chi connectivity index (χ3n) is 7.37. The van der Waals surface area contributed by atoms with Crippen molar-refractivity contribution in [2.45, 2.75) is 37.8 Å². The number of benzene rings is 4. The molecule has 0 spiro atoms. The van der Waals surface area contributed by atoms with E-state index in [1.54, 1.807) is 42.5 Å². The second-order valence-corrected chi connectivity index (χ2v) is 14.3. The second-order valence-electron chi connectivity index (χ2n) is 11.2. The van der Waals surface area contributed by atoms with Crippen LogP contribution in [0.1, 0.15) is 25.0 Å². The minimum absolute atomic E-state index is 0.0500. The van der Waals surface area contributed by atoms with Gasteiger partial charge >= 0.3 is 0 Å². The first-order valence-electron chi connectivity index (χ1n) is 14.9. The normalized spacial score (nSPS) is 12.0. The smallest absolute Gasteiger partial charge is 0.264 e. The highest BCUT2D eigenvalue weighted by Crippen LogP contribution is 2.35. The molecule has 0 heterocycles. The third kappa shape index (κ3) is 9.20. The molecule has 4 aromatic carbocycles. The van der Waals surface area contributed by atoms with E-state index in [2.05, 4.69) is 5.32 Å². The van der Waals surface area contributed by atoms with Crippen LogP contribution in [-0.2, 0) is 32.6 Å². The molecule has 47 heavy (non-hydrogen) atoms. The number of nitrogens with one attached hydrogen (secondary N) is 1. The number of nitrogens with zero attached hydrogens (tertiary/aromatic N) is 2. The highest BCUT2D eigenvalue weighted by Gasteiger charge is 2.36. The lowest BCUT2D eigenvalue weighted by Crippen LogP contribution is -2.53. The Morgan fingerprint density at radius 1 is 0.851 bits per heavy atom. The van der Waals surface area contributed by atoms with Crippen molar-refractivity contribution in [3.8, 4) is 5.75 Å². The maximum atomic E-state index is 14.7. The number of methoxy groups -OCH3 is 1. The van der Waals surface area contributed by atoms with Crippen LogP contribution in [0, 0.1) is 5.92 Å². The Hall–Kier alpha value is -3.76. The Balaban J connectivity index is 1.87. The van der Waals surface area contributed by atoms with Gasteiger partial charge in [-0.3, -0.25) is 13.9 Å². The number of sulfonamides is 1. The van der Waals surface area contributed by atoms with Crippen LogP contribution in [-0.4, -0.2) is 51.4 Å². The van der Waals surface area contributed by atoms with Gasteiger partial charge in [0.2, 0.25) is 11.8 Å². The van der Waals surface area contributed by atoms with E-state index in [9.17, 15) is 18.0 Å². The number of ether oxygens (including phenoxy) is 1. The Kier molecular flexibility index (Phi) is 12.6. The predicted molar refractivity (Wildman–Crippen MR) is 188 cm³/mol. The van der Waals surface area contributed by atoms with Crippen LogP contribution >= 0.6 is 34.8 Å². The van der Waals surface area contributed by atoms with Crippen molar-refractivity contribution in [3.63, 3.8) is 0 Å². The molecule has 0 saturated heterocycles. The summed E-state index contributed by atoms with van der Waals surface area (Å²) in [7, 11) is -2.96. The number of carbonyl (C=O) groups excluding carboxylic acids is 2. The number of anilines is 1. The molecule has 0 aliphatic rings. The van der Waals surface area contributed by atoms with E-state index in [-0.39, 0.29) is 40.2 Å². The molecule has 1 N–H and O–H groups in total. The summed E-state index contributed by atoms with van der Waals surface area (Å²) < 4.78 is 34.9. The summed E-state index contributed by atoms with van der Waals surface area (Å²) in [6.07, 6.45) is 0.143. The molecule has 0 radical (unpaired) electrons. The van der Waals surface area contributed by atoms with E-state index in [4.69, 9.17) is 39.5 Å². The molecule has 2 amide bonds. The largest absolute Gasteiger partial charge is 0.495 e. The van der Waals surface area contributed by atoms with Crippen molar-refractivity contribution in [1.29, 1.82) is 0 Å². The minimum atomic E-state index is -4.35. The van der Waals surface area contributed by atoms with E-state index >= 15 is 0 Å². The van der Waals surface area contributed by atoms with Gasteiger partial charge in [-0.1, -0.05) is 103 Å². The zero-order valence-corrected chi connectivity index (χ0v) is 29.3. The number of amides is 2. The van der Waals surface area contributed by atoms with Gasteiger partial charge in [-0.05, 0) is 53.9 Å². The van der Waals surface area contributed by atoms with E-state index < -0.39 is 34.4 Å². The molecule has 0 aliphatic heterocycles. The Bertz CT molecular complexity index is 1770. The third-order valence-corrected chi connectivity index (χ3v) is 10.1. The first kappa shape index (κ1) is 36.1. The molecule has 0 fully saturated rings. The summed E-state index contributed by atoms with van der Waals surface area (Å²) in [5, 5.41) is 3.77. The molecular formula is C35H36Cl3N3O5S. The van der Waals surface area contributed by atoms with Gasteiger partial charge in [0.05, 0.1) is 17.7 Å². The van der Waals surface area contributed by atoms with Crippen LogP contribution in [0.25, 0.3) is 0 Å². The maximum absolute atomic E-state index is 14.7. The Morgan fingerprint density at radius 3 is 2.06 bits per heavy atom. The Labute approximate surface area is 291 Å². The van der Waals surface area contributed by atoms with Crippen LogP contribution in [0.3, 0.4) is 0 Å². The quantitative estimate of drug-likeness (QED) is 0.148. The number of hydrogen-bond donors (Lipinski definition) is 1. The van der Waals surface area contributed by atoms with Crippen molar-refractivity contribution in [2.75, 3.05) is 24.5 Å². The lowest BCUT2D eigenvalue weighted by molar-refractivity contribution is -0.140. The molecule has 4 rings (SSSR count). The fraction of sp³-hybridized carbons (Fsp3) is 0.257. The van der Waals surface area contributed by atoms with Crippen LogP contribution in [0.5, 0.6) is 5.75 Å². The van der Waals surface area contributed by atoms with Gasteiger partial charge < -0.3 is 15.0 Å². The number of halogens is 3. The van der Waals surface area contributed by atoms with Gasteiger partial charge in [0.25, 0.3) is 10.0 Å². The van der Waals surface area contributed by atoms with Gasteiger partial charge in [0, 0.05) is 40.1 Å². The number of rotatable bonds is 14. The summed E-state index contributed by atoms with van der Waals surface area (Å²) in [6.45, 7) is 3.43. The average Bonchev–Trinajstić information content (AvgIpc) is 3.06. The molecule has 8 nitrogen and oxygen atoms in total. The van der Waals surface area contributed by atoms with Crippen LogP contribution in [0.4, 0.5) is 5.69 Å². The molecule has 12 heteroatoms. The van der Waals surface area contributed by atoms with Crippen molar-refractivity contribution in [2.24, 2.45) is 5.92 Å². The van der Waals surface area contributed by atoms with Crippen LogP contribution in [0.2, 0.25) is 15.1 Å². The molecule has 1 atom stereocenters. The van der Waals surface area contributed by atoms with Gasteiger partial charge in [-0.25, -0.2) is 8.42 Å². The molecule has 0 aromatic heterocycles. The highest BCUT2D eigenvalue weighted by atomic mass is 35.5. The lowest BCUT2D eigenvalue weighted by atomic mass is 10.0. The maximum Gasteiger partial charge on any atom is 0.264 e. The number of carbonyl (C=O) groups is 2. The zero-order chi connectivity index (χ0) is 34.1. The van der Waals surface area contributed by atoms with Crippen LogP contribution in [0.15, 0.2) is 102 Å². The van der Waals surface area contributed by atoms with Gasteiger partial charge in [-0.2, -0.15) is 0 Å². The van der Waals surface area contributed by atoms with Crippen LogP contribution < -0.4 is 14.4 Å². The molecule has 0 saturated carbocycles. The predicted octanol–water partition coefficient (Wildman–Crippen LogP) is 7.26. The molecule has 1 unspecified atom stereocenters. The first-order valence-corrected chi connectivity index (χ1v) is 17.4. The SMILES string of the molecule is COc1ccc(Cl)cc1N(CC(=O)N(Cc1c(Cl)cccc1Cl)C(Cc1ccccc1)C(=O)NCC(C)C)S(=O)(=O)c1ccccc1. The fourth-order valence-corrected chi connectivity index (χ4v) is 7.04. The van der Waals surface area contributed by atoms with E-state index in [1.807, 2.05) is 44.2 Å². The highest BCUT2D eigenvalue weighted by molar-refractivity contribution is 7.92. The van der Waals surface area contributed by atoms with E-state index in [0.29, 0.717) is 22.2 Å². The van der Waals surface area contributed by atoms with E-state index in [1.165, 1.54) is 36.3 Å². The zero-order valence-electron chi connectivity index (χ0n) is 26.2. The van der Waals surface area contributed by atoms with Gasteiger partial charge in [-0.15, -0.1) is 0 Å². The monoisotopic (exact) mass is 715 g/mol. The van der Waals surface area contributed by atoms with E-state index in [0.717, 1.165) is 9.87 Å². The van der Waals surface area contributed by atoms with Crippen molar-refractivity contribution >= 4 is 62.3 Å². The first-order chi connectivity index (χ1) is 22.4. The average molecular weight is 717 g/mol. The molecule has 248 valence electrons. The van der Waals surface area contributed by atoms with Gasteiger partial charge in [0.1, 0.15) is 18.3 Å². The standard InChI is InChI=1S/C35H36Cl3N3O5S/c1-24(2)21-39-35(43)32(19-25-11-6-4-7-12-25)40(22-28-29(37)15-10-16-30(28)38)34(42)23-41(31-20-26(36)17-18-33(31)46-3)47(44,45)27-13-8-5-9-14-27/h4-18,20,24,32H,19,21-23H2,1-3H3,(H,39,43). The second kappa shape index (κ2) is 16.4. The summed E-state index contributed by atoms with van der Waals surface area (Å²) in [4.78, 5) is 29.9. The summed E-state index contributed by atoms with van der Waals surface area (Å²) in [5.74, 6) is -0.766. The van der Waals surface area contributed by atoms with Gasteiger partial charge in [0.15, 0.2) is 0 Å². The molecular weight excluding hydrogens is 681 g/mol. The molecule has 0 aliphatic carbocycles.